The van der Waals surface area contributed by atoms with Crippen molar-refractivity contribution in [1.82, 2.24) is 0 Å². The highest BCUT2D eigenvalue weighted by Crippen LogP contribution is 2.45. The van der Waals surface area contributed by atoms with E-state index in [2.05, 4.69) is 41.9 Å². The minimum atomic E-state index is 0.452. The highest BCUT2D eigenvalue weighted by atomic mass is 79.9. The molecule has 1 fully saturated rings. The molecule has 0 radical (unpaired) electrons. The van der Waals surface area contributed by atoms with Gasteiger partial charge >= 0.3 is 0 Å². The van der Waals surface area contributed by atoms with Crippen LogP contribution in [0.25, 0.3) is 0 Å². The van der Waals surface area contributed by atoms with Crippen molar-refractivity contribution in [3.8, 4) is 0 Å². The molecule has 0 nitrogen and oxygen atoms in total. The van der Waals surface area contributed by atoms with Gasteiger partial charge in [-0.15, -0.1) is 0 Å². The van der Waals surface area contributed by atoms with E-state index in [0.717, 1.165) is 17.4 Å². The van der Waals surface area contributed by atoms with Crippen molar-refractivity contribution in [3.05, 3.63) is 34.9 Å². The third-order valence-corrected chi connectivity index (χ3v) is 5.73. The smallest absolute Gasteiger partial charge is 0.0438 e. The van der Waals surface area contributed by atoms with Crippen LogP contribution in [-0.2, 0) is 6.42 Å². The lowest BCUT2D eigenvalue weighted by molar-refractivity contribution is 0.136. The van der Waals surface area contributed by atoms with Crippen molar-refractivity contribution >= 4 is 27.5 Å². The zero-order valence-electron chi connectivity index (χ0n) is 11.3. The molecule has 0 aliphatic heterocycles. The number of rotatable bonds is 3. The van der Waals surface area contributed by atoms with E-state index in [-0.39, 0.29) is 0 Å². The number of benzene rings is 1. The van der Waals surface area contributed by atoms with Crippen LogP contribution in [0.5, 0.6) is 0 Å². The molecule has 1 aromatic carbocycles. The largest absolute Gasteiger partial charge is 0.0884 e. The Balaban J connectivity index is 2.07. The maximum absolute atomic E-state index is 6.26. The van der Waals surface area contributed by atoms with Crippen LogP contribution in [0.3, 0.4) is 0 Å². The van der Waals surface area contributed by atoms with Gasteiger partial charge in [-0.25, -0.2) is 0 Å². The molecular formula is C16H22BrCl. The summed E-state index contributed by atoms with van der Waals surface area (Å²) in [5.74, 6) is 0.752. The summed E-state index contributed by atoms with van der Waals surface area (Å²) in [6, 6.07) is 8.21. The number of hydrogen-bond acceptors (Lipinski definition) is 0. The van der Waals surface area contributed by atoms with E-state index in [0.29, 0.717) is 10.2 Å². The third kappa shape index (κ3) is 3.30. The Morgan fingerprint density at radius 2 is 2.06 bits per heavy atom. The lowest BCUT2D eigenvalue weighted by atomic mass is 9.67. The Hall–Kier alpha value is -0.0100. The van der Waals surface area contributed by atoms with E-state index in [9.17, 15) is 0 Å². The lowest BCUT2D eigenvalue weighted by Gasteiger charge is -2.41. The van der Waals surface area contributed by atoms with Gasteiger partial charge in [0.2, 0.25) is 0 Å². The van der Waals surface area contributed by atoms with E-state index in [1.165, 1.54) is 31.2 Å². The maximum Gasteiger partial charge on any atom is 0.0438 e. The fraction of sp³-hybridized carbons (Fsp3) is 0.625. The molecule has 2 rings (SSSR count). The summed E-state index contributed by atoms with van der Waals surface area (Å²) in [5, 5.41) is 0.899. The van der Waals surface area contributed by atoms with Crippen molar-refractivity contribution in [2.24, 2.45) is 11.3 Å². The van der Waals surface area contributed by atoms with Crippen molar-refractivity contribution in [2.75, 3.05) is 0 Å². The molecular weight excluding hydrogens is 308 g/mol. The van der Waals surface area contributed by atoms with Crippen LogP contribution in [-0.4, -0.2) is 4.83 Å². The van der Waals surface area contributed by atoms with E-state index in [4.69, 9.17) is 11.6 Å². The zero-order valence-corrected chi connectivity index (χ0v) is 13.6. The van der Waals surface area contributed by atoms with Crippen molar-refractivity contribution in [3.63, 3.8) is 0 Å². The molecule has 100 valence electrons. The Bertz CT molecular complexity index is 400. The first-order valence-electron chi connectivity index (χ1n) is 6.88. The van der Waals surface area contributed by atoms with Gasteiger partial charge in [-0.2, -0.15) is 0 Å². The molecule has 18 heavy (non-hydrogen) atoms. The molecule has 1 aliphatic rings. The second-order valence-corrected chi connectivity index (χ2v) is 7.74. The van der Waals surface area contributed by atoms with Crippen LogP contribution in [0.4, 0.5) is 0 Å². The topological polar surface area (TPSA) is 0 Å². The normalized spacial score (nSPS) is 24.8. The summed E-state index contributed by atoms with van der Waals surface area (Å²) >= 11 is 10.2. The summed E-state index contributed by atoms with van der Waals surface area (Å²) in [4.78, 5) is 0.535. The summed E-state index contributed by atoms with van der Waals surface area (Å²) in [6.45, 7) is 4.83. The quantitative estimate of drug-likeness (QED) is 0.609. The minimum Gasteiger partial charge on any atom is -0.0884 e. The molecule has 0 heterocycles. The SMILES string of the molecule is CC1(C)CCCCC1C(Br)Cc1ccccc1Cl. The fourth-order valence-corrected chi connectivity index (χ4v) is 4.75. The highest BCUT2D eigenvalue weighted by Gasteiger charge is 2.36. The first-order chi connectivity index (χ1) is 8.50. The molecule has 1 aromatic rings. The summed E-state index contributed by atoms with van der Waals surface area (Å²) in [5.41, 5.74) is 1.72. The van der Waals surface area contributed by atoms with Gasteiger partial charge in [0, 0.05) is 9.85 Å². The average molecular weight is 330 g/mol. The Morgan fingerprint density at radius 1 is 1.33 bits per heavy atom. The van der Waals surface area contributed by atoms with E-state index >= 15 is 0 Å². The molecule has 0 bridgehead atoms. The van der Waals surface area contributed by atoms with E-state index in [1.54, 1.807) is 0 Å². The average Bonchev–Trinajstić information content (AvgIpc) is 2.31. The number of alkyl halides is 1. The van der Waals surface area contributed by atoms with Gasteiger partial charge in [0.05, 0.1) is 0 Å². The Morgan fingerprint density at radius 3 is 2.72 bits per heavy atom. The molecule has 0 saturated heterocycles. The second kappa shape index (κ2) is 5.96. The zero-order chi connectivity index (χ0) is 13.2. The summed E-state index contributed by atoms with van der Waals surface area (Å²) in [7, 11) is 0. The second-order valence-electron chi connectivity index (χ2n) is 6.15. The summed E-state index contributed by atoms with van der Waals surface area (Å²) in [6.07, 6.45) is 6.48. The molecule has 1 aliphatic carbocycles. The highest BCUT2D eigenvalue weighted by molar-refractivity contribution is 9.09. The summed E-state index contributed by atoms with van der Waals surface area (Å²) < 4.78 is 0. The predicted octanol–water partition coefficient (Wildman–Crippen LogP) is 5.86. The Labute approximate surface area is 124 Å². The van der Waals surface area contributed by atoms with Gasteiger partial charge in [0.25, 0.3) is 0 Å². The van der Waals surface area contributed by atoms with Crippen LogP contribution < -0.4 is 0 Å². The van der Waals surface area contributed by atoms with Crippen molar-refractivity contribution in [2.45, 2.75) is 50.8 Å². The van der Waals surface area contributed by atoms with Crippen LogP contribution in [0.1, 0.15) is 45.1 Å². The van der Waals surface area contributed by atoms with Gasteiger partial charge < -0.3 is 0 Å². The van der Waals surface area contributed by atoms with Gasteiger partial charge in [-0.05, 0) is 42.2 Å². The molecule has 2 unspecified atom stereocenters. The molecule has 0 amide bonds. The van der Waals surface area contributed by atoms with E-state index < -0.39 is 0 Å². The van der Waals surface area contributed by atoms with Crippen molar-refractivity contribution < 1.29 is 0 Å². The number of hydrogen-bond donors (Lipinski definition) is 0. The molecule has 0 N–H and O–H groups in total. The molecule has 2 atom stereocenters. The standard InChI is InChI=1S/C16H22BrCl/c1-16(2)10-6-5-8-13(16)14(17)11-12-7-3-4-9-15(12)18/h3-4,7,9,13-14H,5-6,8,10-11H2,1-2H3. The fourth-order valence-electron chi connectivity index (χ4n) is 3.21. The van der Waals surface area contributed by atoms with Gasteiger partial charge in [-0.1, -0.05) is 72.4 Å². The molecule has 0 spiro atoms. The van der Waals surface area contributed by atoms with Gasteiger partial charge in [0.1, 0.15) is 0 Å². The number of halogens is 2. The van der Waals surface area contributed by atoms with Crippen LogP contribution in [0.15, 0.2) is 24.3 Å². The molecule has 2 heteroatoms. The van der Waals surface area contributed by atoms with Crippen LogP contribution in [0, 0.1) is 11.3 Å². The maximum atomic E-state index is 6.26. The van der Waals surface area contributed by atoms with Crippen molar-refractivity contribution in [1.29, 1.82) is 0 Å². The third-order valence-electron chi connectivity index (χ3n) is 4.40. The predicted molar refractivity (Wildman–Crippen MR) is 83.6 cm³/mol. The molecule has 1 saturated carbocycles. The van der Waals surface area contributed by atoms with Crippen LogP contribution >= 0.6 is 27.5 Å². The van der Waals surface area contributed by atoms with E-state index in [1.807, 2.05) is 12.1 Å². The minimum absolute atomic E-state index is 0.452. The van der Waals surface area contributed by atoms with Gasteiger partial charge in [0.15, 0.2) is 0 Å². The first kappa shape index (κ1) is 14.4. The van der Waals surface area contributed by atoms with Gasteiger partial charge in [-0.3, -0.25) is 0 Å². The van der Waals surface area contributed by atoms with Crippen LogP contribution in [0.2, 0.25) is 5.02 Å². The Kier molecular flexibility index (Phi) is 4.77. The molecule has 0 aromatic heterocycles. The first-order valence-corrected chi connectivity index (χ1v) is 8.17. The monoisotopic (exact) mass is 328 g/mol. The lowest BCUT2D eigenvalue weighted by Crippen LogP contribution is -2.35.